The molecule has 1 aromatic rings. The average molecular weight is 329 g/mol. The molecule has 5 heteroatoms. The van der Waals surface area contributed by atoms with Gasteiger partial charge in [0.2, 0.25) is 0 Å². The predicted octanol–water partition coefficient (Wildman–Crippen LogP) is 2.51. The highest BCUT2D eigenvalue weighted by Gasteiger charge is 2.21. The molecule has 2 N–H and O–H groups in total. The molecule has 0 bridgehead atoms. The first-order valence-corrected chi connectivity index (χ1v) is 7.32. The van der Waals surface area contributed by atoms with Gasteiger partial charge in [-0.05, 0) is 24.7 Å². The zero-order valence-corrected chi connectivity index (χ0v) is 13.0. The second kappa shape index (κ2) is 8.30. The first-order valence-electron chi connectivity index (χ1n) is 6.53. The van der Waals surface area contributed by atoms with E-state index < -0.39 is 12.0 Å². The maximum Gasteiger partial charge on any atom is 0.325 e. The Hall–Kier alpha value is -0.910. The van der Waals surface area contributed by atoms with Crippen LogP contribution in [0.15, 0.2) is 28.7 Å². The standard InChI is InChI=1S/C14H21BrN2O2/c1-3-17(4-2)10-9-16-13(14(18)19)11-7-5-6-8-12(11)15/h5-8,13,16H,3-4,9-10H2,1-2H3,(H,18,19). The number of aliphatic carboxylic acids is 1. The summed E-state index contributed by atoms with van der Waals surface area (Å²) in [5.74, 6) is -0.855. The van der Waals surface area contributed by atoms with Crippen LogP contribution in [0, 0.1) is 0 Å². The van der Waals surface area contributed by atoms with E-state index in [0.717, 1.165) is 29.7 Å². The average Bonchev–Trinajstić information content (AvgIpc) is 2.40. The molecule has 1 unspecified atom stereocenters. The molecule has 1 aromatic carbocycles. The van der Waals surface area contributed by atoms with Crippen molar-refractivity contribution in [3.63, 3.8) is 0 Å². The quantitative estimate of drug-likeness (QED) is 0.769. The summed E-state index contributed by atoms with van der Waals surface area (Å²) in [4.78, 5) is 13.6. The Kier molecular flexibility index (Phi) is 7.05. The van der Waals surface area contributed by atoms with Gasteiger partial charge in [0.15, 0.2) is 0 Å². The van der Waals surface area contributed by atoms with E-state index in [9.17, 15) is 9.90 Å². The molecule has 0 aliphatic rings. The number of likely N-dealkylation sites (N-methyl/N-ethyl adjacent to an activating group) is 1. The highest BCUT2D eigenvalue weighted by Crippen LogP contribution is 2.23. The Morgan fingerprint density at radius 3 is 2.53 bits per heavy atom. The topological polar surface area (TPSA) is 52.6 Å². The van der Waals surface area contributed by atoms with Crippen molar-refractivity contribution in [2.24, 2.45) is 0 Å². The molecule has 0 amide bonds. The second-order valence-electron chi connectivity index (χ2n) is 4.27. The van der Waals surface area contributed by atoms with Crippen LogP contribution < -0.4 is 5.32 Å². The lowest BCUT2D eigenvalue weighted by Crippen LogP contribution is -2.36. The maximum absolute atomic E-state index is 11.4. The highest BCUT2D eigenvalue weighted by molar-refractivity contribution is 9.10. The molecule has 19 heavy (non-hydrogen) atoms. The number of nitrogens with one attached hydrogen (secondary N) is 1. The lowest BCUT2D eigenvalue weighted by molar-refractivity contribution is -0.139. The molecule has 0 saturated carbocycles. The summed E-state index contributed by atoms with van der Waals surface area (Å²) in [5.41, 5.74) is 0.759. The molecule has 0 aliphatic heterocycles. The number of benzene rings is 1. The molecule has 0 fully saturated rings. The zero-order chi connectivity index (χ0) is 14.3. The van der Waals surface area contributed by atoms with Crippen molar-refractivity contribution >= 4 is 21.9 Å². The molecule has 0 saturated heterocycles. The van der Waals surface area contributed by atoms with Gasteiger partial charge in [-0.3, -0.25) is 10.1 Å². The van der Waals surface area contributed by atoms with E-state index in [1.54, 1.807) is 0 Å². The summed E-state index contributed by atoms with van der Waals surface area (Å²) < 4.78 is 0.817. The monoisotopic (exact) mass is 328 g/mol. The van der Waals surface area contributed by atoms with Gasteiger partial charge < -0.3 is 10.0 Å². The summed E-state index contributed by atoms with van der Waals surface area (Å²) >= 11 is 3.40. The summed E-state index contributed by atoms with van der Waals surface area (Å²) in [6.07, 6.45) is 0. The minimum absolute atomic E-state index is 0.653. The number of rotatable bonds is 8. The Morgan fingerprint density at radius 2 is 2.00 bits per heavy atom. The third-order valence-corrected chi connectivity index (χ3v) is 3.86. The van der Waals surface area contributed by atoms with Gasteiger partial charge in [0.1, 0.15) is 6.04 Å². The Bertz CT molecular complexity index is 408. The van der Waals surface area contributed by atoms with Gasteiger partial charge in [-0.15, -0.1) is 0 Å². The Balaban J connectivity index is 2.65. The van der Waals surface area contributed by atoms with Crippen LogP contribution in [0.3, 0.4) is 0 Å². The first-order chi connectivity index (χ1) is 9.10. The van der Waals surface area contributed by atoms with Crippen LogP contribution in [0.25, 0.3) is 0 Å². The molecule has 0 spiro atoms. The van der Waals surface area contributed by atoms with Crippen LogP contribution in [0.4, 0.5) is 0 Å². The highest BCUT2D eigenvalue weighted by atomic mass is 79.9. The van der Waals surface area contributed by atoms with E-state index in [0.29, 0.717) is 6.54 Å². The minimum atomic E-state index is -0.855. The van der Waals surface area contributed by atoms with Crippen molar-refractivity contribution in [3.8, 4) is 0 Å². The summed E-state index contributed by atoms with van der Waals surface area (Å²) in [6, 6.07) is 6.74. The molecule has 1 rings (SSSR count). The van der Waals surface area contributed by atoms with Crippen molar-refractivity contribution in [2.75, 3.05) is 26.2 Å². The van der Waals surface area contributed by atoms with Crippen LogP contribution >= 0.6 is 15.9 Å². The smallest absolute Gasteiger partial charge is 0.325 e. The van der Waals surface area contributed by atoms with Gasteiger partial charge in [0.05, 0.1) is 0 Å². The Morgan fingerprint density at radius 1 is 1.37 bits per heavy atom. The van der Waals surface area contributed by atoms with E-state index in [4.69, 9.17) is 0 Å². The van der Waals surface area contributed by atoms with Crippen molar-refractivity contribution in [3.05, 3.63) is 34.3 Å². The number of halogens is 1. The maximum atomic E-state index is 11.4. The van der Waals surface area contributed by atoms with Gasteiger partial charge >= 0.3 is 5.97 Å². The van der Waals surface area contributed by atoms with Crippen LogP contribution in [0.1, 0.15) is 25.5 Å². The van der Waals surface area contributed by atoms with Gasteiger partial charge in [-0.25, -0.2) is 0 Å². The van der Waals surface area contributed by atoms with E-state index in [-0.39, 0.29) is 0 Å². The van der Waals surface area contributed by atoms with E-state index in [1.807, 2.05) is 24.3 Å². The summed E-state index contributed by atoms with van der Waals surface area (Å²) in [5, 5.41) is 12.4. The molecule has 1 atom stereocenters. The van der Waals surface area contributed by atoms with Gasteiger partial charge in [-0.2, -0.15) is 0 Å². The molecule has 106 valence electrons. The van der Waals surface area contributed by atoms with E-state index >= 15 is 0 Å². The molecule has 4 nitrogen and oxygen atoms in total. The second-order valence-corrected chi connectivity index (χ2v) is 5.13. The SMILES string of the molecule is CCN(CC)CCNC(C(=O)O)c1ccccc1Br. The number of carbonyl (C=O) groups is 1. The number of hydrogen-bond donors (Lipinski definition) is 2. The Labute approximate surface area is 122 Å². The van der Waals surface area contributed by atoms with Crippen LogP contribution in [0.2, 0.25) is 0 Å². The van der Waals surface area contributed by atoms with E-state index in [1.165, 1.54) is 0 Å². The summed E-state index contributed by atoms with van der Waals surface area (Å²) in [7, 11) is 0. The minimum Gasteiger partial charge on any atom is -0.480 e. The van der Waals surface area contributed by atoms with Gasteiger partial charge in [0.25, 0.3) is 0 Å². The third kappa shape index (κ3) is 4.93. The molecule has 0 aromatic heterocycles. The number of nitrogens with zero attached hydrogens (tertiary/aromatic N) is 1. The fourth-order valence-electron chi connectivity index (χ4n) is 1.95. The zero-order valence-electron chi connectivity index (χ0n) is 11.4. The number of carboxylic acids is 1. The molecule has 0 radical (unpaired) electrons. The largest absolute Gasteiger partial charge is 0.480 e. The fraction of sp³-hybridized carbons (Fsp3) is 0.500. The van der Waals surface area contributed by atoms with Crippen molar-refractivity contribution in [1.29, 1.82) is 0 Å². The normalized spacial score (nSPS) is 12.6. The van der Waals surface area contributed by atoms with Crippen LogP contribution in [-0.2, 0) is 4.79 Å². The fourth-order valence-corrected chi connectivity index (χ4v) is 2.46. The van der Waals surface area contributed by atoms with Crippen molar-refractivity contribution in [2.45, 2.75) is 19.9 Å². The number of hydrogen-bond acceptors (Lipinski definition) is 3. The molecule has 0 aliphatic carbocycles. The lowest BCUT2D eigenvalue weighted by Gasteiger charge is -2.21. The molecule has 0 heterocycles. The van der Waals surface area contributed by atoms with Gasteiger partial charge in [0, 0.05) is 17.6 Å². The lowest BCUT2D eigenvalue weighted by atomic mass is 10.1. The van der Waals surface area contributed by atoms with Crippen molar-refractivity contribution in [1.82, 2.24) is 10.2 Å². The van der Waals surface area contributed by atoms with E-state index in [2.05, 4.69) is 40.0 Å². The van der Waals surface area contributed by atoms with Crippen LogP contribution in [0.5, 0.6) is 0 Å². The number of carboxylic acid groups (broad SMARTS) is 1. The molecular weight excluding hydrogens is 308 g/mol. The predicted molar refractivity (Wildman–Crippen MR) is 80.3 cm³/mol. The third-order valence-electron chi connectivity index (χ3n) is 3.13. The van der Waals surface area contributed by atoms with Gasteiger partial charge in [-0.1, -0.05) is 48.0 Å². The van der Waals surface area contributed by atoms with Crippen molar-refractivity contribution < 1.29 is 9.90 Å². The molecular formula is C14H21BrN2O2. The summed E-state index contributed by atoms with van der Waals surface area (Å²) in [6.45, 7) is 7.66. The first kappa shape index (κ1) is 16.1. The van der Waals surface area contributed by atoms with Crippen LogP contribution in [-0.4, -0.2) is 42.2 Å².